The Labute approximate surface area is 127 Å². The second-order valence-corrected chi connectivity index (χ2v) is 7.53. The SMILES string of the molecule is CCn1cnc(S(=O)(=O)NC2(CN)CCCCCCC2)c1. The molecule has 0 atom stereocenters. The maximum absolute atomic E-state index is 12.5. The van der Waals surface area contributed by atoms with Gasteiger partial charge in [0.2, 0.25) is 0 Å². The van der Waals surface area contributed by atoms with Crippen molar-refractivity contribution in [2.45, 2.75) is 69.0 Å². The molecule has 0 aromatic carbocycles. The van der Waals surface area contributed by atoms with Crippen molar-refractivity contribution >= 4 is 10.0 Å². The molecule has 0 bridgehead atoms. The topological polar surface area (TPSA) is 90.0 Å². The van der Waals surface area contributed by atoms with Gasteiger partial charge in [-0.05, 0) is 19.8 Å². The van der Waals surface area contributed by atoms with Crippen LogP contribution in [0.3, 0.4) is 0 Å². The first-order valence-electron chi connectivity index (χ1n) is 7.77. The molecular formula is C14H26N4O2S. The monoisotopic (exact) mass is 314 g/mol. The maximum atomic E-state index is 12.5. The smallest absolute Gasteiger partial charge is 0.260 e. The van der Waals surface area contributed by atoms with Crippen LogP contribution in [-0.2, 0) is 16.6 Å². The third kappa shape index (κ3) is 4.05. The first-order valence-corrected chi connectivity index (χ1v) is 9.25. The number of hydrogen-bond donors (Lipinski definition) is 2. The summed E-state index contributed by atoms with van der Waals surface area (Å²) in [6.07, 6.45) is 10.3. The van der Waals surface area contributed by atoms with Crippen molar-refractivity contribution in [3.05, 3.63) is 12.5 Å². The number of aromatic nitrogens is 2. The summed E-state index contributed by atoms with van der Waals surface area (Å²) in [5, 5.41) is 0.0826. The van der Waals surface area contributed by atoms with Crippen LogP contribution in [0.2, 0.25) is 0 Å². The standard InChI is InChI=1S/C14H26N4O2S/c1-2-18-10-13(16-12-18)21(19,20)17-14(11-15)8-6-4-3-5-7-9-14/h10,12,17H,2-9,11,15H2,1H3. The minimum atomic E-state index is -3.61. The summed E-state index contributed by atoms with van der Waals surface area (Å²) in [6.45, 7) is 2.98. The van der Waals surface area contributed by atoms with Crippen molar-refractivity contribution in [3.63, 3.8) is 0 Å². The fourth-order valence-corrected chi connectivity index (χ4v) is 4.34. The van der Waals surface area contributed by atoms with E-state index in [9.17, 15) is 8.42 Å². The zero-order valence-electron chi connectivity index (χ0n) is 12.7. The highest BCUT2D eigenvalue weighted by molar-refractivity contribution is 7.89. The molecule has 0 radical (unpaired) electrons. The molecule has 1 aliphatic rings. The number of sulfonamides is 1. The summed E-state index contributed by atoms with van der Waals surface area (Å²) in [4.78, 5) is 4.00. The molecule has 21 heavy (non-hydrogen) atoms. The average molecular weight is 314 g/mol. The van der Waals surface area contributed by atoms with Crippen molar-refractivity contribution in [3.8, 4) is 0 Å². The summed E-state index contributed by atoms with van der Waals surface area (Å²) in [5.41, 5.74) is 5.40. The summed E-state index contributed by atoms with van der Waals surface area (Å²) in [5.74, 6) is 0. The molecule has 0 saturated heterocycles. The van der Waals surface area contributed by atoms with Crippen LogP contribution in [0, 0.1) is 0 Å². The summed E-state index contributed by atoms with van der Waals surface area (Å²) >= 11 is 0. The van der Waals surface area contributed by atoms with Gasteiger partial charge in [-0.2, -0.15) is 0 Å². The molecule has 6 nitrogen and oxygen atoms in total. The summed E-state index contributed by atoms with van der Waals surface area (Å²) in [6, 6.07) is 0. The Balaban J connectivity index is 2.18. The third-order valence-corrected chi connectivity index (χ3v) is 5.77. The summed E-state index contributed by atoms with van der Waals surface area (Å²) in [7, 11) is -3.61. The molecule has 0 amide bonds. The van der Waals surface area contributed by atoms with E-state index < -0.39 is 15.6 Å². The molecular weight excluding hydrogens is 288 g/mol. The van der Waals surface area contributed by atoms with Gasteiger partial charge in [-0.3, -0.25) is 0 Å². The molecule has 1 aliphatic carbocycles. The minimum absolute atomic E-state index is 0.0826. The zero-order valence-corrected chi connectivity index (χ0v) is 13.5. The van der Waals surface area contributed by atoms with Gasteiger partial charge in [-0.15, -0.1) is 0 Å². The fraction of sp³-hybridized carbons (Fsp3) is 0.786. The Kier molecular flexibility index (Phi) is 5.40. The van der Waals surface area contributed by atoms with Crippen molar-refractivity contribution < 1.29 is 8.42 Å². The number of nitrogens with two attached hydrogens (primary N) is 1. The normalized spacial score (nSPS) is 19.9. The lowest BCUT2D eigenvalue weighted by atomic mass is 9.85. The van der Waals surface area contributed by atoms with Gasteiger partial charge in [0.25, 0.3) is 10.0 Å². The molecule has 1 heterocycles. The van der Waals surface area contributed by atoms with Crippen LogP contribution < -0.4 is 10.5 Å². The van der Waals surface area contributed by atoms with Gasteiger partial charge in [0, 0.05) is 24.8 Å². The van der Waals surface area contributed by atoms with Crippen LogP contribution in [0.4, 0.5) is 0 Å². The second-order valence-electron chi connectivity index (χ2n) is 5.90. The van der Waals surface area contributed by atoms with Crippen molar-refractivity contribution in [2.75, 3.05) is 6.54 Å². The molecule has 0 spiro atoms. The number of nitrogens with zero attached hydrogens (tertiary/aromatic N) is 2. The quantitative estimate of drug-likeness (QED) is 0.864. The molecule has 1 aromatic rings. The van der Waals surface area contributed by atoms with Crippen LogP contribution in [0.25, 0.3) is 0 Å². The molecule has 1 fully saturated rings. The Bertz CT molecular complexity index is 545. The minimum Gasteiger partial charge on any atom is -0.336 e. The van der Waals surface area contributed by atoms with E-state index in [1.54, 1.807) is 17.1 Å². The van der Waals surface area contributed by atoms with Crippen LogP contribution in [0.5, 0.6) is 0 Å². The highest BCUT2D eigenvalue weighted by Crippen LogP contribution is 2.27. The molecule has 3 N–H and O–H groups in total. The molecule has 1 saturated carbocycles. The van der Waals surface area contributed by atoms with Crippen LogP contribution in [0.1, 0.15) is 51.9 Å². The fourth-order valence-electron chi connectivity index (χ4n) is 2.92. The first-order chi connectivity index (χ1) is 10.0. The molecule has 1 aromatic heterocycles. The number of rotatable bonds is 5. The number of imidazole rings is 1. The van der Waals surface area contributed by atoms with Gasteiger partial charge in [0.1, 0.15) is 0 Å². The van der Waals surface area contributed by atoms with E-state index in [0.29, 0.717) is 13.1 Å². The number of nitrogens with one attached hydrogen (secondary N) is 1. The highest BCUT2D eigenvalue weighted by atomic mass is 32.2. The van der Waals surface area contributed by atoms with Gasteiger partial charge in [-0.25, -0.2) is 18.1 Å². The van der Waals surface area contributed by atoms with E-state index >= 15 is 0 Å². The van der Waals surface area contributed by atoms with Crippen molar-refractivity contribution in [1.29, 1.82) is 0 Å². The van der Waals surface area contributed by atoms with E-state index in [1.807, 2.05) is 6.92 Å². The average Bonchev–Trinajstić information content (AvgIpc) is 2.92. The third-order valence-electron chi connectivity index (χ3n) is 4.30. The summed E-state index contributed by atoms with van der Waals surface area (Å²) < 4.78 is 29.7. The molecule has 0 aliphatic heterocycles. The van der Waals surface area contributed by atoms with E-state index in [4.69, 9.17) is 5.73 Å². The predicted molar refractivity (Wildman–Crippen MR) is 82.3 cm³/mol. The van der Waals surface area contributed by atoms with Gasteiger partial charge < -0.3 is 10.3 Å². The Morgan fingerprint density at radius 1 is 1.29 bits per heavy atom. The largest absolute Gasteiger partial charge is 0.336 e. The lowest BCUT2D eigenvalue weighted by Gasteiger charge is -2.34. The van der Waals surface area contributed by atoms with Crippen molar-refractivity contribution in [1.82, 2.24) is 14.3 Å². The Hall–Kier alpha value is -0.920. The maximum Gasteiger partial charge on any atom is 0.260 e. The van der Waals surface area contributed by atoms with Crippen LogP contribution >= 0.6 is 0 Å². The van der Waals surface area contributed by atoms with Crippen LogP contribution in [0.15, 0.2) is 17.6 Å². The van der Waals surface area contributed by atoms with Gasteiger partial charge in [-0.1, -0.05) is 32.1 Å². The number of aryl methyl sites for hydroxylation is 1. The van der Waals surface area contributed by atoms with Crippen molar-refractivity contribution in [2.24, 2.45) is 5.73 Å². The Morgan fingerprint density at radius 2 is 1.90 bits per heavy atom. The van der Waals surface area contributed by atoms with E-state index in [1.165, 1.54) is 6.42 Å². The van der Waals surface area contributed by atoms with Gasteiger partial charge in [0.05, 0.1) is 6.33 Å². The lowest BCUT2D eigenvalue weighted by molar-refractivity contribution is 0.295. The molecule has 2 rings (SSSR count). The lowest BCUT2D eigenvalue weighted by Crippen LogP contribution is -2.53. The van der Waals surface area contributed by atoms with Gasteiger partial charge >= 0.3 is 0 Å². The van der Waals surface area contributed by atoms with E-state index in [-0.39, 0.29) is 5.03 Å². The first kappa shape index (κ1) is 16.5. The molecule has 7 heteroatoms. The van der Waals surface area contributed by atoms with Gasteiger partial charge in [0.15, 0.2) is 5.03 Å². The molecule has 120 valence electrons. The highest BCUT2D eigenvalue weighted by Gasteiger charge is 2.34. The molecule has 0 unspecified atom stereocenters. The number of hydrogen-bond acceptors (Lipinski definition) is 4. The second kappa shape index (κ2) is 6.89. The van der Waals surface area contributed by atoms with E-state index in [0.717, 1.165) is 38.5 Å². The zero-order chi connectivity index (χ0) is 15.3. The van der Waals surface area contributed by atoms with Crippen LogP contribution in [-0.4, -0.2) is 30.1 Å². The predicted octanol–water partition coefficient (Wildman–Crippen LogP) is 1.62. The van der Waals surface area contributed by atoms with E-state index in [2.05, 4.69) is 9.71 Å². The Morgan fingerprint density at radius 3 is 2.43 bits per heavy atom.